The van der Waals surface area contributed by atoms with E-state index in [2.05, 4.69) is 5.32 Å². The zero-order valence-electron chi connectivity index (χ0n) is 13.6. The monoisotopic (exact) mass is 388 g/mol. The highest BCUT2D eigenvalue weighted by Crippen LogP contribution is 2.27. The number of hydrogen-bond acceptors (Lipinski definition) is 7. The summed E-state index contributed by atoms with van der Waals surface area (Å²) in [6.45, 7) is 0. The predicted molar refractivity (Wildman–Crippen MR) is 94.0 cm³/mol. The van der Waals surface area contributed by atoms with E-state index in [1.165, 1.54) is 48.7 Å². The molecular formula is C17H12N2O7S. The SMILES string of the molecule is O=C(Nc1ccc(OS(=O)(=O)c2ccccc2[N+](=O)[O-])cc1)c1ccco1. The van der Waals surface area contributed by atoms with Crippen LogP contribution in [0.5, 0.6) is 5.75 Å². The number of amides is 1. The average Bonchev–Trinajstić information content (AvgIpc) is 3.18. The van der Waals surface area contributed by atoms with Gasteiger partial charge in [-0.05, 0) is 42.5 Å². The Balaban J connectivity index is 1.76. The van der Waals surface area contributed by atoms with Crippen LogP contribution in [-0.4, -0.2) is 19.2 Å². The Kier molecular flexibility index (Phi) is 4.90. The van der Waals surface area contributed by atoms with Crippen LogP contribution in [0.4, 0.5) is 11.4 Å². The molecule has 0 aliphatic carbocycles. The van der Waals surface area contributed by atoms with Crippen molar-refractivity contribution in [3.63, 3.8) is 0 Å². The zero-order valence-corrected chi connectivity index (χ0v) is 14.4. The van der Waals surface area contributed by atoms with Crippen molar-refractivity contribution < 1.29 is 26.7 Å². The number of anilines is 1. The summed E-state index contributed by atoms with van der Waals surface area (Å²) < 4.78 is 34.6. The number of nitrogens with one attached hydrogen (secondary N) is 1. The third-order valence-corrected chi connectivity index (χ3v) is 4.69. The van der Waals surface area contributed by atoms with Gasteiger partial charge in [0, 0.05) is 11.8 Å². The van der Waals surface area contributed by atoms with Gasteiger partial charge in [0.15, 0.2) is 10.7 Å². The standard InChI is InChI=1S/C17H12N2O7S/c20-17(15-5-3-11-25-15)18-12-7-9-13(10-8-12)26-27(23,24)16-6-2-1-4-14(16)19(21)22/h1-11H,(H,18,20). The van der Waals surface area contributed by atoms with Gasteiger partial charge in [-0.1, -0.05) is 12.1 Å². The van der Waals surface area contributed by atoms with Gasteiger partial charge in [-0.2, -0.15) is 8.42 Å². The smallest absolute Gasteiger partial charge is 0.346 e. The number of nitro groups is 1. The molecule has 0 aliphatic heterocycles. The van der Waals surface area contributed by atoms with Crippen LogP contribution < -0.4 is 9.50 Å². The largest absolute Gasteiger partial charge is 0.459 e. The highest BCUT2D eigenvalue weighted by Gasteiger charge is 2.27. The van der Waals surface area contributed by atoms with Crippen LogP contribution in [0.3, 0.4) is 0 Å². The number of furan rings is 1. The molecular weight excluding hydrogens is 376 g/mol. The van der Waals surface area contributed by atoms with Crippen LogP contribution >= 0.6 is 0 Å². The topological polar surface area (TPSA) is 129 Å². The molecule has 10 heteroatoms. The number of carbonyl (C=O) groups is 1. The number of benzene rings is 2. The Labute approximate surface area is 153 Å². The van der Waals surface area contributed by atoms with E-state index < -0.39 is 31.5 Å². The van der Waals surface area contributed by atoms with Gasteiger partial charge in [0.05, 0.1) is 11.2 Å². The molecule has 3 aromatic rings. The molecule has 0 aliphatic rings. The molecule has 1 N–H and O–H groups in total. The van der Waals surface area contributed by atoms with Gasteiger partial charge in [0.25, 0.3) is 11.6 Å². The molecule has 0 saturated heterocycles. The second-order valence-corrected chi connectivity index (χ2v) is 6.73. The summed E-state index contributed by atoms with van der Waals surface area (Å²) >= 11 is 0. The predicted octanol–water partition coefficient (Wildman–Crippen LogP) is 3.21. The Hall–Kier alpha value is -3.66. The molecule has 0 atom stereocenters. The fourth-order valence-electron chi connectivity index (χ4n) is 2.19. The van der Waals surface area contributed by atoms with E-state index in [-0.39, 0.29) is 11.5 Å². The van der Waals surface area contributed by atoms with E-state index in [1.807, 2.05) is 0 Å². The van der Waals surface area contributed by atoms with E-state index in [0.717, 1.165) is 12.1 Å². The Morgan fingerprint density at radius 1 is 1.04 bits per heavy atom. The maximum atomic E-state index is 12.3. The second-order valence-electron chi connectivity index (χ2n) is 5.22. The maximum absolute atomic E-state index is 12.3. The van der Waals surface area contributed by atoms with E-state index in [0.29, 0.717) is 5.69 Å². The molecule has 2 aromatic carbocycles. The molecule has 0 fully saturated rings. The van der Waals surface area contributed by atoms with Crippen molar-refractivity contribution in [2.45, 2.75) is 4.90 Å². The van der Waals surface area contributed by atoms with Crippen molar-refractivity contribution in [1.29, 1.82) is 0 Å². The van der Waals surface area contributed by atoms with Gasteiger partial charge in [-0.3, -0.25) is 14.9 Å². The lowest BCUT2D eigenvalue weighted by molar-refractivity contribution is -0.387. The molecule has 0 spiro atoms. The first-order valence-corrected chi connectivity index (χ1v) is 8.90. The first-order chi connectivity index (χ1) is 12.9. The number of nitro benzene ring substituents is 1. The summed E-state index contributed by atoms with van der Waals surface area (Å²) in [6, 6.07) is 13.4. The van der Waals surface area contributed by atoms with Crippen molar-refractivity contribution in [1.82, 2.24) is 0 Å². The fraction of sp³-hybridized carbons (Fsp3) is 0. The number of carbonyl (C=O) groups excluding carboxylic acids is 1. The van der Waals surface area contributed by atoms with E-state index >= 15 is 0 Å². The molecule has 1 aromatic heterocycles. The lowest BCUT2D eigenvalue weighted by atomic mass is 10.3. The summed E-state index contributed by atoms with van der Waals surface area (Å²) in [7, 11) is -4.40. The minimum Gasteiger partial charge on any atom is -0.459 e. The Morgan fingerprint density at radius 2 is 1.74 bits per heavy atom. The molecule has 0 unspecified atom stereocenters. The van der Waals surface area contributed by atoms with Crippen molar-refractivity contribution in [2.24, 2.45) is 0 Å². The van der Waals surface area contributed by atoms with Crippen molar-refractivity contribution in [2.75, 3.05) is 5.32 Å². The average molecular weight is 388 g/mol. The summed E-state index contributed by atoms with van der Waals surface area (Å²) in [6.07, 6.45) is 1.36. The minimum atomic E-state index is -4.40. The first-order valence-electron chi connectivity index (χ1n) is 7.50. The van der Waals surface area contributed by atoms with Crippen molar-refractivity contribution in [3.05, 3.63) is 82.8 Å². The Morgan fingerprint density at radius 3 is 2.37 bits per heavy atom. The lowest BCUT2D eigenvalue weighted by Crippen LogP contribution is -2.12. The maximum Gasteiger partial charge on any atom is 0.346 e. The summed E-state index contributed by atoms with van der Waals surface area (Å²) in [5, 5.41) is 13.6. The van der Waals surface area contributed by atoms with Crippen LogP contribution in [-0.2, 0) is 10.1 Å². The minimum absolute atomic E-state index is 0.0656. The van der Waals surface area contributed by atoms with Gasteiger partial charge >= 0.3 is 10.1 Å². The highest BCUT2D eigenvalue weighted by atomic mass is 32.2. The summed E-state index contributed by atoms with van der Waals surface area (Å²) in [4.78, 5) is 21.5. The molecule has 1 amide bonds. The van der Waals surface area contributed by atoms with Gasteiger partial charge in [0.2, 0.25) is 0 Å². The molecule has 27 heavy (non-hydrogen) atoms. The molecule has 9 nitrogen and oxygen atoms in total. The zero-order chi connectivity index (χ0) is 19.4. The van der Waals surface area contributed by atoms with Crippen LogP contribution in [0, 0.1) is 10.1 Å². The number of para-hydroxylation sites is 1. The Bertz CT molecular complexity index is 1070. The molecule has 138 valence electrons. The molecule has 0 radical (unpaired) electrons. The van der Waals surface area contributed by atoms with Crippen LogP contribution in [0.1, 0.15) is 10.6 Å². The highest BCUT2D eigenvalue weighted by molar-refractivity contribution is 7.87. The summed E-state index contributed by atoms with van der Waals surface area (Å²) in [5.74, 6) is -0.417. The number of nitrogens with zero attached hydrogens (tertiary/aromatic N) is 1. The molecule has 0 saturated carbocycles. The van der Waals surface area contributed by atoms with E-state index in [9.17, 15) is 23.3 Å². The molecule has 0 bridgehead atoms. The quantitative estimate of drug-likeness (QED) is 0.390. The lowest BCUT2D eigenvalue weighted by Gasteiger charge is -2.08. The second kappa shape index (κ2) is 7.30. The van der Waals surface area contributed by atoms with Crippen LogP contribution in [0.15, 0.2) is 76.2 Å². The van der Waals surface area contributed by atoms with Gasteiger partial charge in [0.1, 0.15) is 5.75 Å². The van der Waals surface area contributed by atoms with E-state index in [4.69, 9.17) is 8.60 Å². The van der Waals surface area contributed by atoms with E-state index in [1.54, 1.807) is 6.07 Å². The first kappa shape index (κ1) is 18.1. The normalized spacial score (nSPS) is 11.0. The van der Waals surface area contributed by atoms with Gasteiger partial charge in [-0.25, -0.2) is 0 Å². The van der Waals surface area contributed by atoms with Crippen molar-refractivity contribution in [3.8, 4) is 5.75 Å². The number of hydrogen-bond donors (Lipinski definition) is 1. The molecule has 1 heterocycles. The third-order valence-electron chi connectivity index (χ3n) is 3.39. The third kappa shape index (κ3) is 4.12. The molecule has 3 rings (SSSR count). The number of rotatable bonds is 6. The van der Waals surface area contributed by atoms with Crippen LogP contribution in [0.25, 0.3) is 0 Å². The van der Waals surface area contributed by atoms with Gasteiger partial charge < -0.3 is 13.9 Å². The summed E-state index contributed by atoms with van der Waals surface area (Å²) in [5.41, 5.74) is -0.202. The fourth-order valence-corrected chi connectivity index (χ4v) is 3.28. The van der Waals surface area contributed by atoms with Crippen LogP contribution in [0.2, 0.25) is 0 Å². The van der Waals surface area contributed by atoms with Crippen molar-refractivity contribution >= 4 is 27.4 Å². The van der Waals surface area contributed by atoms with Gasteiger partial charge in [-0.15, -0.1) is 0 Å².